The van der Waals surface area contributed by atoms with Crippen molar-refractivity contribution in [2.24, 2.45) is 0 Å². The molecule has 8 heteroatoms. The van der Waals surface area contributed by atoms with Crippen molar-refractivity contribution in [2.45, 2.75) is 63.4 Å². The van der Waals surface area contributed by atoms with Gasteiger partial charge in [0.25, 0.3) is 6.01 Å². The number of aromatic nitrogens is 3. The molecule has 2 bridgehead atoms. The molecule has 0 unspecified atom stereocenters. The third-order valence-corrected chi connectivity index (χ3v) is 5.11. The first-order valence-electron chi connectivity index (χ1n) is 8.74. The van der Waals surface area contributed by atoms with Gasteiger partial charge in [-0.2, -0.15) is 4.98 Å². The van der Waals surface area contributed by atoms with Crippen molar-refractivity contribution in [1.29, 1.82) is 0 Å². The van der Waals surface area contributed by atoms with Crippen LogP contribution in [-0.2, 0) is 9.47 Å². The van der Waals surface area contributed by atoms with Crippen molar-refractivity contribution in [3.05, 3.63) is 30.4 Å². The first kappa shape index (κ1) is 15.1. The fourth-order valence-electron chi connectivity index (χ4n) is 4.03. The van der Waals surface area contributed by atoms with E-state index >= 15 is 0 Å². The van der Waals surface area contributed by atoms with E-state index in [1.807, 2.05) is 6.92 Å². The quantitative estimate of drug-likeness (QED) is 0.836. The maximum Gasteiger partial charge on any atom is 0.316 e. The molecular formula is C17H20N4O4. The molecule has 2 aromatic rings. The van der Waals surface area contributed by atoms with Crippen LogP contribution in [0, 0.1) is 0 Å². The summed E-state index contributed by atoms with van der Waals surface area (Å²) in [6.07, 6.45) is 8.65. The summed E-state index contributed by atoms with van der Waals surface area (Å²) in [5, 5.41) is 0. The van der Waals surface area contributed by atoms with E-state index < -0.39 is 6.29 Å². The normalized spacial score (nSPS) is 34.0. The van der Waals surface area contributed by atoms with Gasteiger partial charge >= 0.3 is 6.01 Å². The van der Waals surface area contributed by atoms with Crippen LogP contribution in [0.15, 0.2) is 29.1 Å². The monoisotopic (exact) mass is 344 g/mol. The zero-order valence-electron chi connectivity index (χ0n) is 13.9. The maximum absolute atomic E-state index is 5.96. The van der Waals surface area contributed by atoms with Crippen molar-refractivity contribution >= 4 is 6.01 Å². The van der Waals surface area contributed by atoms with Gasteiger partial charge in [-0.1, -0.05) is 0 Å². The van der Waals surface area contributed by atoms with E-state index in [0.717, 1.165) is 25.7 Å². The van der Waals surface area contributed by atoms with Crippen LogP contribution < -0.4 is 9.64 Å². The summed E-state index contributed by atoms with van der Waals surface area (Å²) in [5.41, 5.74) is 0.698. The summed E-state index contributed by atoms with van der Waals surface area (Å²) in [5.74, 6) is 0. The van der Waals surface area contributed by atoms with Crippen molar-refractivity contribution in [3.8, 4) is 6.01 Å². The van der Waals surface area contributed by atoms with Gasteiger partial charge in [0, 0.05) is 37.3 Å². The highest BCUT2D eigenvalue weighted by Gasteiger charge is 2.44. The second-order valence-corrected chi connectivity index (χ2v) is 6.76. The third kappa shape index (κ3) is 2.75. The van der Waals surface area contributed by atoms with Crippen LogP contribution in [0.1, 0.15) is 44.6 Å². The molecule has 5 rings (SSSR count). The number of oxazole rings is 1. The molecule has 0 N–H and O–H groups in total. The molecule has 5 heterocycles. The van der Waals surface area contributed by atoms with Gasteiger partial charge in [-0.05, 0) is 25.8 Å². The molecule has 0 saturated carbocycles. The first-order valence-corrected chi connectivity index (χ1v) is 8.74. The van der Waals surface area contributed by atoms with E-state index in [2.05, 4.69) is 19.9 Å². The molecule has 25 heavy (non-hydrogen) atoms. The van der Waals surface area contributed by atoms with Crippen LogP contribution in [0.5, 0.6) is 6.01 Å². The van der Waals surface area contributed by atoms with Gasteiger partial charge in [-0.15, -0.1) is 0 Å². The average molecular weight is 344 g/mol. The molecule has 3 atom stereocenters. The molecule has 0 amide bonds. The average Bonchev–Trinajstić information content (AvgIpc) is 3.15. The van der Waals surface area contributed by atoms with Gasteiger partial charge in [0.05, 0.1) is 0 Å². The number of ether oxygens (including phenoxy) is 3. The number of piperidine rings is 1. The minimum absolute atomic E-state index is 0.129. The minimum atomic E-state index is -0.402. The lowest BCUT2D eigenvalue weighted by Crippen LogP contribution is -2.46. The number of fused-ring (bicyclic) bond motifs is 2. The fraction of sp³-hybridized carbons (Fsp3) is 0.588. The number of hydrogen-bond acceptors (Lipinski definition) is 8. The fourth-order valence-corrected chi connectivity index (χ4v) is 4.03. The van der Waals surface area contributed by atoms with Gasteiger partial charge < -0.3 is 23.5 Å². The predicted octanol–water partition coefficient (Wildman–Crippen LogP) is 2.43. The summed E-state index contributed by atoms with van der Waals surface area (Å²) in [6, 6.07) is 3.62. The molecule has 0 aliphatic carbocycles. The van der Waals surface area contributed by atoms with E-state index in [9.17, 15) is 0 Å². The Balaban J connectivity index is 1.28. The number of rotatable bonds is 4. The largest absolute Gasteiger partial charge is 0.460 e. The van der Waals surface area contributed by atoms with Crippen LogP contribution in [0.25, 0.3) is 0 Å². The molecule has 3 aliphatic rings. The van der Waals surface area contributed by atoms with Gasteiger partial charge in [0.2, 0.25) is 6.29 Å². The van der Waals surface area contributed by atoms with Crippen LogP contribution >= 0.6 is 0 Å². The smallest absolute Gasteiger partial charge is 0.316 e. The molecule has 8 nitrogen and oxygen atoms in total. The molecule has 3 fully saturated rings. The Bertz CT molecular complexity index is 719. The van der Waals surface area contributed by atoms with Crippen LogP contribution in [0.2, 0.25) is 0 Å². The summed E-state index contributed by atoms with van der Waals surface area (Å²) in [4.78, 5) is 15.2. The second-order valence-electron chi connectivity index (χ2n) is 6.76. The third-order valence-electron chi connectivity index (χ3n) is 5.11. The Morgan fingerprint density at radius 1 is 1.12 bits per heavy atom. The lowest BCUT2D eigenvalue weighted by Gasteiger charge is -2.37. The van der Waals surface area contributed by atoms with Gasteiger partial charge in [-0.25, -0.2) is 9.97 Å². The van der Waals surface area contributed by atoms with Gasteiger partial charge in [-0.3, -0.25) is 0 Å². The highest BCUT2D eigenvalue weighted by atomic mass is 16.9. The molecule has 3 saturated heterocycles. The molecule has 0 radical (unpaired) electrons. The topological polar surface area (TPSA) is 82.7 Å². The molecule has 3 aliphatic heterocycles. The molecule has 0 spiro atoms. The van der Waals surface area contributed by atoms with Crippen LogP contribution in [-0.4, -0.2) is 39.4 Å². The number of anilines is 1. The molecule has 0 aromatic carbocycles. The predicted molar refractivity (Wildman–Crippen MR) is 85.8 cm³/mol. The van der Waals surface area contributed by atoms with Crippen LogP contribution in [0.4, 0.5) is 6.01 Å². The van der Waals surface area contributed by atoms with Crippen molar-refractivity contribution < 1.29 is 18.6 Å². The maximum atomic E-state index is 5.96. The van der Waals surface area contributed by atoms with Crippen molar-refractivity contribution in [1.82, 2.24) is 15.0 Å². The number of hydrogen-bond donors (Lipinski definition) is 0. The summed E-state index contributed by atoms with van der Waals surface area (Å²) < 4.78 is 22.6. The first-order chi connectivity index (χ1) is 12.3. The van der Waals surface area contributed by atoms with E-state index in [-0.39, 0.29) is 12.4 Å². The minimum Gasteiger partial charge on any atom is -0.460 e. The molecular weight excluding hydrogens is 324 g/mol. The summed E-state index contributed by atoms with van der Waals surface area (Å²) >= 11 is 0. The lowest BCUT2D eigenvalue weighted by molar-refractivity contribution is -0.383. The van der Waals surface area contributed by atoms with E-state index in [1.165, 1.54) is 0 Å². The second kappa shape index (κ2) is 5.96. The molecule has 132 valence electrons. The Hall–Kier alpha value is -2.19. The Morgan fingerprint density at radius 3 is 2.52 bits per heavy atom. The van der Waals surface area contributed by atoms with E-state index in [4.69, 9.17) is 18.6 Å². The van der Waals surface area contributed by atoms with Crippen molar-refractivity contribution in [2.75, 3.05) is 4.90 Å². The zero-order chi connectivity index (χ0) is 16.8. The van der Waals surface area contributed by atoms with E-state index in [0.29, 0.717) is 29.8 Å². The highest BCUT2D eigenvalue weighted by molar-refractivity contribution is 5.36. The molecule has 2 aromatic heterocycles. The Morgan fingerprint density at radius 2 is 1.84 bits per heavy atom. The Kier molecular flexibility index (Phi) is 3.60. The SMILES string of the molecule is CC1OC(c2coc(N3[C@@H]4CC[C@H]3C[C@@H](Oc3ncccn3)C4)n2)O1. The lowest BCUT2D eigenvalue weighted by atomic mass is 10.0. The number of nitrogens with zero attached hydrogens (tertiary/aromatic N) is 4. The standard InChI is InChI=1S/C17H20N4O4/c1-10-23-15(24-10)14-9-22-17(20-14)21-11-3-4-12(21)8-13(7-11)25-16-18-5-2-6-19-16/h2,5-6,9-13,15H,3-4,7-8H2,1H3/t10?,11-,12+,13+,15?. The summed E-state index contributed by atoms with van der Waals surface area (Å²) in [7, 11) is 0. The van der Waals surface area contributed by atoms with Crippen molar-refractivity contribution in [3.63, 3.8) is 0 Å². The van der Waals surface area contributed by atoms with Gasteiger partial charge in [0.15, 0.2) is 6.29 Å². The van der Waals surface area contributed by atoms with Crippen LogP contribution in [0.3, 0.4) is 0 Å². The summed E-state index contributed by atoms with van der Waals surface area (Å²) in [6.45, 7) is 1.86. The van der Waals surface area contributed by atoms with E-state index in [1.54, 1.807) is 24.7 Å². The highest BCUT2D eigenvalue weighted by Crippen LogP contribution is 2.41. The zero-order valence-corrected chi connectivity index (χ0v) is 13.9. The Labute approximate surface area is 145 Å². The van der Waals surface area contributed by atoms with Gasteiger partial charge in [0.1, 0.15) is 18.1 Å².